The van der Waals surface area contributed by atoms with E-state index in [1.165, 1.54) is 18.2 Å². The van der Waals surface area contributed by atoms with Gasteiger partial charge in [-0.15, -0.1) is 0 Å². The molecule has 5 heteroatoms. The molecule has 1 unspecified atom stereocenters. The molecule has 2 nitrogen and oxygen atoms in total. The molecule has 0 aliphatic carbocycles. The molecule has 21 heavy (non-hydrogen) atoms. The van der Waals surface area contributed by atoms with Crippen molar-refractivity contribution in [1.29, 1.82) is 0 Å². The maximum atomic E-state index is 13.8. The maximum Gasteiger partial charge on any atom is 0.387 e. The van der Waals surface area contributed by atoms with Gasteiger partial charge < -0.3 is 10.1 Å². The van der Waals surface area contributed by atoms with Gasteiger partial charge in [0, 0.05) is 17.3 Å². The highest BCUT2D eigenvalue weighted by Gasteiger charge is 2.14. The number of hydrogen-bond acceptors (Lipinski definition) is 2. The molecular weight excluding hydrogens is 279 g/mol. The monoisotopic (exact) mass is 295 g/mol. The van der Waals surface area contributed by atoms with Crippen LogP contribution >= 0.6 is 0 Å². The Morgan fingerprint density at radius 3 is 2.52 bits per heavy atom. The normalized spacial score (nSPS) is 12.2. The molecular formula is C16H16F3NO. The van der Waals surface area contributed by atoms with Crippen LogP contribution in [-0.2, 0) is 0 Å². The second kappa shape index (κ2) is 7.02. The van der Waals surface area contributed by atoms with E-state index in [-0.39, 0.29) is 17.6 Å². The molecule has 0 spiro atoms. The van der Waals surface area contributed by atoms with Crippen LogP contribution in [0.25, 0.3) is 0 Å². The Labute approximate surface area is 121 Å². The Bertz CT molecular complexity index is 589. The molecule has 0 aliphatic heterocycles. The Kier molecular flexibility index (Phi) is 5.09. The summed E-state index contributed by atoms with van der Waals surface area (Å²) in [6, 6.07) is 12.5. The second-order valence-corrected chi connectivity index (χ2v) is 4.53. The lowest BCUT2D eigenvalue weighted by atomic mass is 10.0. The molecule has 0 saturated carbocycles. The molecule has 112 valence electrons. The smallest absolute Gasteiger partial charge is 0.387 e. The van der Waals surface area contributed by atoms with Crippen molar-refractivity contribution in [3.63, 3.8) is 0 Å². The molecule has 0 aromatic heterocycles. The topological polar surface area (TPSA) is 21.3 Å². The third-order valence-electron chi connectivity index (χ3n) is 3.09. The zero-order chi connectivity index (χ0) is 15.2. The largest absolute Gasteiger partial charge is 0.435 e. The first-order valence-electron chi connectivity index (χ1n) is 6.66. The van der Waals surface area contributed by atoms with Gasteiger partial charge in [0.2, 0.25) is 0 Å². The quantitative estimate of drug-likeness (QED) is 0.810. The van der Waals surface area contributed by atoms with Gasteiger partial charge in [0.1, 0.15) is 11.6 Å². The Hall–Kier alpha value is -2.17. The first-order chi connectivity index (χ1) is 10.1. The Balaban J connectivity index is 2.17. The summed E-state index contributed by atoms with van der Waals surface area (Å²) in [5.74, 6) is -0.227. The van der Waals surface area contributed by atoms with Crippen molar-refractivity contribution in [1.82, 2.24) is 0 Å². The van der Waals surface area contributed by atoms with Gasteiger partial charge in [0.05, 0.1) is 6.04 Å². The van der Waals surface area contributed by atoms with E-state index in [0.29, 0.717) is 17.7 Å². The summed E-state index contributed by atoms with van der Waals surface area (Å²) in [7, 11) is 0. The van der Waals surface area contributed by atoms with Crippen LogP contribution in [0.1, 0.15) is 24.9 Å². The zero-order valence-electron chi connectivity index (χ0n) is 11.5. The number of rotatable bonds is 6. The molecule has 2 aromatic carbocycles. The second-order valence-electron chi connectivity index (χ2n) is 4.53. The van der Waals surface area contributed by atoms with Crippen LogP contribution in [0.2, 0.25) is 0 Å². The first kappa shape index (κ1) is 15.2. The van der Waals surface area contributed by atoms with E-state index in [1.807, 2.05) is 6.92 Å². The minimum absolute atomic E-state index is 0.0680. The molecule has 0 radical (unpaired) electrons. The predicted molar refractivity (Wildman–Crippen MR) is 76.1 cm³/mol. The van der Waals surface area contributed by atoms with Crippen LogP contribution in [0, 0.1) is 5.82 Å². The van der Waals surface area contributed by atoms with E-state index in [0.717, 1.165) is 0 Å². The summed E-state index contributed by atoms with van der Waals surface area (Å²) in [6.45, 7) is -0.947. The number of hydrogen-bond donors (Lipinski definition) is 1. The van der Waals surface area contributed by atoms with Crippen molar-refractivity contribution >= 4 is 5.69 Å². The molecule has 2 rings (SSSR count). The van der Waals surface area contributed by atoms with E-state index >= 15 is 0 Å². The van der Waals surface area contributed by atoms with Gasteiger partial charge in [-0.2, -0.15) is 8.78 Å². The number of nitrogens with one attached hydrogen (secondary N) is 1. The van der Waals surface area contributed by atoms with Crippen molar-refractivity contribution in [3.05, 3.63) is 59.9 Å². The highest BCUT2D eigenvalue weighted by atomic mass is 19.3. The number of alkyl halides is 2. The number of halogens is 3. The van der Waals surface area contributed by atoms with Crippen LogP contribution in [-0.4, -0.2) is 6.61 Å². The van der Waals surface area contributed by atoms with Gasteiger partial charge in [-0.05, 0) is 24.6 Å². The van der Waals surface area contributed by atoms with Crippen LogP contribution < -0.4 is 10.1 Å². The summed E-state index contributed by atoms with van der Waals surface area (Å²) in [4.78, 5) is 0. The molecule has 1 N–H and O–H groups in total. The summed E-state index contributed by atoms with van der Waals surface area (Å²) >= 11 is 0. The molecule has 0 saturated heterocycles. The van der Waals surface area contributed by atoms with Crippen molar-refractivity contribution in [3.8, 4) is 5.75 Å². The lowest BCUT2D eigenvalue weighted by Gasteiger charge is -2.19. The fourth-order valence-electron chi connectivity index (χ4n) is 2.12. The molecule has 0 fully saturated rings. The van der Waals surface area contributed by atoms with Gasteiger partial charge in [-0.1, -0.05) is 31.2 Å². The van der Waals surface area contributed by atoms with Crippen molar-refractivity contribution < 1.29 is 17.9 Å². The average Bonchev–Trinajstić information content (AvgIpc) is 2.45. The van der Waals surface area contributed by atoms with Crippen LogP contribution in [0.4, 0.5) is 18.9 Å². The third-order valence-corrected chi connectivity index (χ3v) is 3.09. The van der Waals surface area contributed by atoms with Gasteiger partial charge in [-0.3, -0.25) is 0 Å². The van der Waals surface area contributed by atoms with Crippen molar-refractivity contribution in [2.24, 2.45) is 0 Å². The molecule has 0 amide bonds. The average molecular weight is 295 g/mol. The molecule has 0 bridgehead atoms. The fourth-order valence-corrected chi connectivity index (χ4v) is 2.12. The van der Waals surface area contributed by atoms with E-state index in [2.05, 4.69) is 10.1 Å². The van der Waals surface area contributed by atoms with Crippen LogP contribution in [0.15, 0.2) is 48.5 Å². The Morgan fingerprint density at radius 1 is 1.10 bits per heavy atom. The van der Waals surface area contributed by atoms with E-state index in [9.17, 15) is 13.2 Å². The summed E-state index contributed by atoms with van der Waals surface area (Å²) in [5, 5.41) is 3.13. The standard InChI is InChI=1S/C16H16F3NO/c1-2-15(13-8-3-4-9-14(13)17)20-11-6-5-7-12(10-11)21-16(18)19/h3-10,15-16,20H,2H2,1H3. The highest BCUT2D eigenvalue weighted by molar-refractivity contribution is 5.50. The third kappa shape index (κ3) is 4.15. The van der Waals surface area contributed by atoms with Crippen molar-refractivity contribution in [2.45, 2.75) is 26.0 Å². The summed E-state index contributed by atoms with van der Waals surface area (Å²) in [5.41, 5.74) is 1.14. The predicted octanol–water partition coefficient (Wildman–Crippen LogP) is 4.99. The number of benzene rings is 2. The van der Waals surface area contributed by atoms with Crippen LogP contribution in [0.3, 0.4) is 0 Å². The van der Waals surface area contributed by atoms with Gasteiger partial charge in [0.15, 0.2) is 0 Å². The van der Waals surface area contributed by atoms with Crippen molar-refractivity contribution in [2.75, 3.05) is 5.32 Å². The first-order valence-corrected chi connectivity index (χ1v) is 6.66. The maximum absolute atomic E-state index is 13.8. The molecule has 0 aliphatic rings. The van der Waals surface area contributed by atoms with Gasteiger partial charge in [0.25, 0.3) is 0 Å². The van der Waals surface area contributed by atoms with Gasteiger partial charge in [-0.25, -0.2) is 4.39 Å². The minimum atomic E-state index is -2.87. The summed E-state index contributed by atoms with van der Waals surface area (Å²) < 4.78 is 42.6. The van der Waals surface area contributed by atoms with E-state index in [1.54, 1.807) is 30.3 Å². The fraction of sp³-hybridized carbons (Fsp3) is 0.250. The number of ether oxygens (including phenoxy) is 1. The lowest BCUT2D eigenvalue weighted by Crippen LogP contribution is -2.11. The van der Waals surface area contributed by atoms with E-state index in [4.69, 9.17) is 0 Å². The molecule has 2 aromatic rings. The van der Waals surface area contributed by atoms with E-state index < -0.39 is 6.61 Å². The molecule has 1 atom stereocenters. The van der Waals surface area contributed by atoms with Gasteiger partial charge >= 0.3 is 6.61 Å². The number of anilines is 1. The zero-order valence-corrected chi connectivity index (χ0v) is 11.5. The molecule has 0 heterocycles. The lowest BCUT2D eigenvalue weighted by molar-refractivity contribution is -0.0498. The van der Waals surface area contributed by atoms with Crippen LogP contribution in [0.5, 0.6) is 5.75 Å². The Morgan fingerprint density at radius 2 is 1.86 bits per heavy atom. The SMILES string of the molecule is CCC(Nc1cccc(OC(F)F)c1)c1ccccc1F. The minimum Gasteiger partial charge on any atom is -0.435 e. The highest BCUT2D eigenvalue weighted by Crippen LogP contribution is 2.27. The summed E-state index contributed by atoms with van der Waals surface area (Å²) in [6.07, 6.45) is 0.654.